The number of benzene rings is 1. The molecule has 1 aromatic carbocycles. The normalized spacial score (nSPS) is 10.4. The predicted octanol–water partition coefficient (Wildman–Crippen LogP) is 2.21. The molecule has 0 aliphatic rings. The largest absolute Gasteiger partial charge is 0.497 e. The zero-order valence-corrected chi connectivity index (χ0v) is 12.6. The lowest BCUT2D eigenvalue weighted by Gasteiger charge is -2.19. The molecule has 0 heterocycles. The van der Waals surface area contributed by atoms with Crippen LogP contribution in [0.2, 0.25) is 0 Å². The van der Waals surface area contributed by atoms with Gasteiger partial charge < -0.3 is 10.1 Å². The Hall–Kier alpha value is -1.81. The van der Waals surface area contributed by atoms with E-state index >= 15 is 0 Å². The summed E-state index contributed by atoms with van der Waals surface area (Å²) in [6.45, 7) is 10.4. The van der Waals surface area contributed by atoms with Crippen LogP contribution in [0.15, 0.2) is 36.4 Å². The summed E-state index contributed by atoms with van der Waals surface area (Å²) in [5.41, 5.74) is 2.12. The van der Waals surface area contributed by atoms with Crippen LogP contribution in [0.5, 0.6) is 5.75 Å². The SMILES string of the molecule is C=C(C)CN(CC)CC(=O)NCc1ccc(OC)cc1. The highest BCUT2D eigenvalue weighted by Crippen LogP contribution is 2.10. The Morgan fingerprint density at radius 1 is 1.30 bits per heavy atom. The number of amides is 1. The number of hydrogen-bond donors (Lipinski definition) is 1. The highest BCUT2D eigenvalue weighted by molar-refractivity contribution is 5.78. The molecule has 0 aliphatic carbocycles. The van der Waals surface area contributed by atoms with E-state index in [1.54, 1.807) is 7.11 Å². The second kappa shape index (κ2) is 8.38. The molecule has 20 heavy (non-hydrogen) atoms. The molecule has 110 valence electrons. The van der Waals surface area contributed by atoms with E-state index in [0.717, 1.165) is 30.0 Å². The van der Waals surface area contributed by atoms with Crippen LogP contribution in [0.1, 0.15) is 19.4 Å². The molecule has 0 spiro atoms. The lowest BCUT2D eigenvalue weighted by molar-refractivity contribution is -0.122. The molecule has 0 radical (unpaired) electrons. The fourth-order valence-electron chi connectivity index (χ4n) is 1.86. The third kappa shape index (κ3) is 5.89. The minimum absolute atomic E-state index is 0.0314. The highest BCUT2D eigenvalue weighted by atomic mass is 16.5. The fraction of sp³-hybridized carbons (Fsp3) is 0.438. The summed E-state index contributed by atoms with van der Waals surface area (Å²) in [6.07, 6.45) is 0. The van der Waals surface area contributed by atoms with Crippen molar-refractivity contribution in [2.75, 3.05) is 26.7 Å². The molecular formula is C16H24N2O2. The van der Waals surface area contributed by atoms with Crippen molar-refractivity contribution in [1.29, 1.82) is 0 Å². The molecule has 0 aliphatic heterocycles. The van der Waals surface area contributed by atoms with Gasteiger partial charge in [-0.05, 0) is 31.2 Å². The highest BCUT2D eigenvalue weighted by Gasteiger charge is 2.08. The number of carbonyl (C=O) groups is 1. The maximum atomic E-state index is 11.9. The number of rotatable bonds is 8. The van der Waals surface area contributed by atoms with Gasteiger partial charge in [-0.25, -0.2) is 0 Å². The Bertz CT molecular complexity index is 440. The van der Waals surface area contributed by atoms with Crippen LogP contribution in [0.3, 0.4) is 0 Å². The summed E-state index contributed by atoms with van der Waals surface area (Å²) >= 11 is 0. The van der Waals surface area contributed by atoms with E-state index in [-0.39, 0.29) is 5.91 Å². The first-order chi connectivity index (χ1) is 9.55. The Kier molecular flexibility index (Phi) is 6.81. The van der Waals surface area contributed by atoms with E-state index in [1.165, 1.54) is 0 Å². The lowest BCUT2D eigenvalue weighted by atomic mass is 10.2. The predicted molar refractivity (Wildman–Crippen MR) is 81.8 cm³/mol. The molecule has 0 atom stereocenters. The van der Waals surface area contributed by atoms with E-state index in [2.05, 4.69) is 16.8 Å². The average Bonchev–Trinajstić information content (AvgIpc) is 2.44. The first-order valence-corrected chi connectivity index (χ1v) is 6.81. The minimum atomic E-state index is 0.0314. The molecule has 0 saturated carbocycles. The summed E-state index contributed by atoms with van der Waals surface area (Å²) < 4.78 is 5.10. The van der Waals surface area contributed by atoms with Crippen molar-refractivity contribution in [3.8, 4) is 5.75 Å². The summed E-state index contributed by atoms with van der Waals surface area (Å²) in [5.74, 6) is 0.850. The van der Waals surface area contributed by atoms with Gasteiger partial charge in [0.1, 0.15) is 5.75 Å². The van der Waals surface area contributed by atoms with Crippen LogP contribution in [0, 0.1) is 0 Å². The molecule has 1 amide bonds. The third-order valence-corrected chi connectivity index (χ3v) is 2.96. The van der Waals surface area contributed by atoms with E-state index in [1.807, 2.05) is 38.1 Å². The van der Waals surface area contributed by atoms with E-state index in [4.69, 9.17) is 4.74 Å². The molecule has 1 aromatic rings. The van der Waals surface area contributed by atoms with Crippen molar-refractivity contribution in [3.63, 3.8) is 0 Å². The number of nitrogens with one attached hydrogen (secondary N) is 1. The van der Waals surface area contributed by atoms with Gasteiger partial charge in [-0.1, -0.05) is 31.2 Å². The number of hydrogen-bond acceptors (Lipinski definition) is 3. The van der Waals surface area contributed by atoms with Gasteiger partial charge >= 0.3 is 0 Å². The topological polar surface area (TPSA) is 41.6 Å². The molecule has 1 rings (SSSR count). The van der Waals surface area contributed by atoms with Crippen LogP contribution in [0.25, 0.3) is 0 Å². The monoisotopic (exact) mass is 276 g/mol. The number of carbonyl (C=O) groups excluding carboxylic acids is 1. The van der Waals surface area contributed by atoms with Crippen molar-refractivity contribution in [1.82, 2.24) is 10.2 Å². The Labute approximate surface area is 121 Å². The number of nitrogens with zero attached hydrogens (tertiary/aromatic N) is 1. The summed E-state index contributed by atoms with van der Waals surface area (Å²) in [4.78, 5) is 13.9. The number of likely N-dealkylation sites (N-methyl/N-ethyl adjacent to an activating group) is 1. The van der Waals surface area contributed by atoms with Crippen molar-refractivity contribution >= 4 is 5.91 Å². The molecule has 4 heteroatoms. The second-order valence-electron chi connectivity index (χ2n) is 4.89. The van der Waals surface area contributed by atoms with Crippen LogP contribution < -0.4 is 10.1 Å². The molecule has 0 saturated heterocycles. The lowest BCUT2D eigenvalue weighted by Crippen LogP contribution is -2.37. The standard InChI is InChI=1S/C16H24N2O2/c1-5-18(11-13(2)3)12-16(19)17-10-14-6-8-15(20-4)9-7-14/h6-9H,2,5,10-12H2,1,3-4H3,(H,17,19). The molecular weight excluding hydrogens is 252 g/mol. The van der Waals surface area contributed by atoms with Gasteiger partial charge in [0.15, 0.2) is 0 Å². The van der Waals surface area contributed by atoms with Crippen LogP contribution in [-0.4, -0.2) is 37.6 Å². The van der Waals surface area contributed by atoms with Crippen molar-refractivity contribution in [2.45, 2.75) is 20.4 Å². The minimum Gasteiger partial charge on any atom is -0.497 e. The third-order valence-electron chi connectivity index (χ3n) is 2.96. The van der Waals surface area contributed by atoms with Gasteiger partial charge in [0, 0.05) is 13.1 Å². The molecule has 0 fully saturated rings. The Morgan fingerprint density at radius 2 is 1.95 bits per heavy atom. The van der Waals surface area contributed by atoms with E-state index in [9.17, 15) is 4.79 Å². The first-order valence-electron chi connectivity index (χ1n) is 6.81. The average molecular weight is 276 g/mol. The van der Waals surface area contributed by atoms with Gasteiger partial charge in [0.05, 0.1) is 13.7 Å². The van der Waals surface area contributed by atoms with E-state index < -0.39 is 0 Å². The van der Waals surface area contributed by atoms with Gasteiger partial charge in [-0.15, -0.1) is 0 Å². The second-order valence-corrected chi connectivity index (χ2v) is 4.89. The number of methoxy groups -OCH3 is 1. The fourth-order valence-corrected chi connectivity index (χ4v) is 1.86. The van der Waals surface area contributed by atoms with Crippen molar-refractivity contribution in [2.24, 2.45) is 0 Å². The zero-order valence-electron chi connectivity index (χ0n) is 12.6. The van der Waals surface area contributed by atoms with Crippen molar-refractivity contribution < 1.29 is 9.53 Å². The number of ether oxygens (including phenoxy) is 1. The van der Waals surface area contributed by atoms with E-state index in [0.29, 0.717) is 13.1 Å². The first kappa shape index (κ1) is 16.2. The summed E-state index contributed by atoms with van der Waals surface area (Å²) in [6, 6.07) is 7.68. The Morgan fingerprint density at radius 3 is 2.45 bits per heavy atom. The maximum absolute atomic E-state index is 11.9. The molecule has 0 bridgehead atoms. The molecule has 0 aromatic heterocycles. The maximum Gasteiger partial charge on any atom is 0.234 e. The van der Waals surface area contributed by atoms with Crippen LogP contribution in [-0.2, 0) is 11.3 Å². The van der Waals surface area contributed by atoms with Gasteiger partial charge in [-0.3, -0.25) is 9.69 Å². The summed E-state index contributed by atoms with van der Waals surface area (Å²) in [5, 5.41) is 2.92. The van der Waals surface area contributed by atoms with Crippen molar-refractivity contribution in [3.05, 3.63) is 42.0 Å². The Balaban J connectivity index is 2.39. The molecule has 4 nitrogen and oxygen atoms in total. The molecule has 1 N–H and O–H groups in total. The summed E-state index contributed by atoms with van der Waals surface area (Å²) in [7, 11) is 1.64. The van der Waals surface area contributed by atoms with Crippen LogP contribution in [0.4, 0.5) is 0 Å². The van der Waals surface area contributed by atoms with Gasteiger partial charge in [0.2, 0.25) is 5.91 Å². The zero-order chi connectivity index (χ0) is 15.0. The van der Waals surface area contributed by atoms with Gasteiger partial charge in [-0.2, -0.15) is 0 Å². The van der Waals surface area contributed by atoms with Gasteiger partial charge in [0.25, 0.3) is 0 Å². The molecule has 0 unspecified atom stereocenters. The smallest absolute Gasteiger partial charge is 0.234 e. The van der Waals surface area contributed by atoms with Crippen LogP contribution >= 0.6 is 0 Å². The quantitative estimate of drug-likeness (QED) is 0.740.